The Kier molecular flexibility index (Phi) is 2.89. The number of hydrogen-bond acceptors (Lipinski definition) is 2. The number of nitrogens with one attached hydrogen (secondary N) is 1. The van der Waals surface area contributed by atoms with E-state index in [1.807, 2.05) is 12.1 Å². The second-order valence-corrected chi connectivity index (χ2v) is 5.55. The minimum Gasteiger partial charge on any atom is -0.495 e. The highest BCUT2D eigenvalue weighted by Crippen LogP contribution is 2.43. The van der Waals surface area contributed by atoms with Crippen LogP contribution in [0.1, 0.15) is 31.0 Å². The first-order chi connectivity index (χ1) is 7.45. The Labute approximate surface area is 102 Å². The molecule has 0 amide bonds. The number of hydrogen-bond donors (Lipinski definition) is 1. The van der Waals surface area contributed by atoms with E-state index < -0.39 is 0 Å². The summed E-state index contributed by atoms with van der Waals surface area (Å²) in [6.45, 7) is 7.70. The van der Waals surface area contributed by atoms with E-state index in [9.17, 15) is 0 Å². The van der Waals surface area contributed by atoms with Gasteiger partial charge in [-0.25, -0.2) is 0 Å². The van der Waals surface area contributed by atoms with E-state index in [0.717, 1.165) is 12.3 Å². The summed E-state index contributed by atoms with van der Waals surface area (Å²) in [5.74, 6) is 0.750. The van der Waals surface area contributed by atoms with Crippen molar-refractivity contribution >= 4 is 11.6 Å². The molecule has 1 unspecified atom stereocenters. The number of benzene rings is 1. The zero-order chi connectivity index (χ0) is 11.9. The fraction of sp³-hybridized carbons (Fsp3) is 0.538. The normalized spacial score (nSPS) is 22.7. The lowest BCUT2D eigenvalue weighted by atomic mass is 9.73. The van der Waals surface area contributed by atoms with Crippen LogP contribution in [-0.2, 0) is 0 Å². The van der Waals surface area contributed by atoms with Crippen molar-refractivity contribution in [3.8, 4) is 5.75 Å². The van der Waals surface area contributed by atoms with Crippen molar-refractivity contribution < 1.29 is 4.74 Å². The molecule has 1 atom stereocenters. The van der Waals surface area contributed by atoms with Crippen molar-refractivity contribution in [3.05, 3.63) is 28.3 Å². The summed E-state index contributed by atoms with van der Waals surface area (Å²) < 4.78 is 5.21. The third-order valence-electron chi connectivity index (χ3n) is 3.39. The molecule has 1 fully saturated rings. The molecular formula is C13H18ClNO. The maximum absolute atomic E-state index is 6.17. The molecule has 0 saturated carbocycles. The van der Waals surface area contributed by atoms with E-state index in [2.05, 4.69) is 26.1 Å². The fourth-order valence-electron chi connectivity index (χ4n) is 2.28. The monoisotopic (exact) mass is 239 g/mol. The van der Waals surface area contributed by atoms with E-state index >= 15 is 0 Å². The molecule has 0 aromatic heterocycles. The summed E-state index contributed by atoms with van der Waals surface area (Å²) in [4.78, 5) is 0. The topological polar surface area (TPSA) is 21.3 Å². The van der Waals surface area contributed by atoms with Crippen LogP contribution in [-0.4, -0.2) is 13.7 Å². The van der Waals surface area contributed by atoms with Crippen LogP contribution < -0.4 is 10.1 Å². The Hall–Kier alpha value is -0.730. The largest absolute Gasteiger partial charge is 0.495 e. The van der Waals surface area contributed by atoms with Crippen molar-refractivity contribution in [2.45, 2.75) is 26.8 Å². The predicted molar refractivity (Wildman–Crippen MR) is 67.3 cm³/mol. The highest BCUT2D eigenvalue weighted by atomic mass is 35.5. The molecule has 1 aromatic rings. The molecule has 16 heavy (non-hydrogen) atoms. The van der Waals surface area contributed by atoms with Gasteiger partial charge in [0.05, 0.1) is 12.1 Å². The van der Waals surface area contributed by atoms with Gasteiger partial charge in [-0.2, -0.15) is 0 Å². The summed E-state index contributed by atoms with van der Waals surface area (Å²) >= 11 is 6.17. The van der Waals surface area contributed by atoms with Crippen LogP contribution in [0.2, 0.25) is 5.02 Å². The van der Waals surface area contributed by atoms with Crippen LogP contribution in [0.5, 0.6) is 5.75 Å². The quantitative estimate of drug-likeness (QED) is 0.855. The summed E-state index contributed by atoms with van der Waals surface area (Å²) in [5, 5.41) is 4.15. The van der Waals surface area contributed by atoms with Gasteiger partial charge in [-0.3, -0.25) is 0 Å². The Morgan fingerprint density at radius 3 is 2.56 bits per heavy atom. The van der Waals surface area contributed by atoms with E-state index in [4.69, 9.17) is 16.3 Å². The molecule has 2 rings (SSSR count). The first kappa shape index (κ1) is 11.7. The Bertz CT molecular complexity index is 415. The molecule has 88 valence electrons. The van der Waals surface area contributed by atoms with Crippen LogP contribution in [0.25, 0.3) is 0 Å². The minimum atomic E-state index is 0.308. The molecule has 0 spiro atoms. The smallest absolute Gasteiger partial charge is 0.137 e. The molecule has 1 heterocycles. The van der Waals surface area contributed by atoms with Crippen molar-refractivity contribution in [1.82, 2.24) is 5.32 Å². The van der Waals surface area contributed by atoms with Gasteiger partial charge in [0.1, 0.15) is 5.75 Å². The number of methoxy groups -OCH3 is 1. The first-order valence-electron chi connectivity index (χ1n) is 5.53. The second-order valence-electron chi connectivity index (χ2n) is 5.15. The Balaban J connectivity index is 2.39. The van der Waals surface area contributed by atoms with Gasteiger partial charge in [0.15, 0.2) is 0 Å². The second kappa shape index (κ2) is 3.94. The average molecular weight is 240 g/mol. The van der Waals surface area contributed by atoms with Gasteiger partial charge in [0.2, 0.25) is 0 Å². The van der Waals surface area contributed by atoms with E-state index in [-0.39, 0.29) is 0 Å². The highest BCUT2D eigenvalue weighted by molar-refractivity contribution is 6.32. The summed E-state index contributed by atoms with van der Waals surface area (Å²) in [5.41, 5.74) is 2.82. The van der Waals surface area contributed by atoms with Crippen LogP contribution in [0.4, 0.5) is 0 Å². The molecule has 1 aromatic carbocycles. The summed E-state index contributed by atoms with van der Waals surface area (Å²) in [6, 6.07) is 4.43. The molecule has 1 N–H and O–H groups in total. The van der Waals surface area contributed by atoms with Crippen molar-refractivity contribution in [3.63, 3.8) is 0 Å². The summed E-state index contributed by atoms with van der Waals surface area (Å²) in [7, 11) is 1.64. The van der Waals surface area contributed by atoms with Crippen LogP contribution in [0.15, 0.2) is 12.1 Å². The van der Waals surface area contributed by atoms with Gasteiger partial charge in [0, 0.05) is 12.6 Å². The zero-order valence-corrected chi connectivity index (χ0v) is 11.0. The molecule has 0 aliphatic carbocycles. The van der Waals surface area contributed by atoms with Gasteiger partial charge >= 0.3 is 0 Å². The molecule has 3 heteroatoms. The molecule has 0 radical (unpaired) electrons. The van der Waals surface area contributed by atoms with E-state index in [1.165, 1.54) is 11.1 Å². The number of rotatable bonds is 2. The van der Waals surface area contributed by atoms with Gasteiger partial charge in [-0.15, -0.1) is 0 Å². The molecule has 2 nitrogen and oxygen atoms in total. The molecule has 1 saturated heterocycles. The van der Waals surface area contributed by atoms with Crippen LogP contribution in [0, 0.1) is 12.3 Å². The standard InChI is InChI=1S/C13H18ClNO/c1-8-5-11(16-4)10(14)6-9(8)12-13(2,3)7-15-12/h5-6,12,15H,7H2,1-4H3. The third-order valence-corrected chi connectivity index (χ3v) is 3.69. The van der Waals surface area contributed by atoms with Crippen molar-refractivity contribution in [2.75, 3.05) is 13.7 Å². The van der Waals surface area contributed by atoms with E-state index in [1.54, 1.807) is 7.11 Å². The summed E-state index contributed by atoms with van der Waals surface area (Å²) in [6.07, 6.45) is 0. The first-order valence-corrected chi connectivity index (χ1v) is 5.91. The van der Waals surface area contributed by atoms with Gasteiger partial charge in [-0.05, 0) is 35.6 Å². The Morgan fingerprint density at radius 1 is 1.44 bits per heavy atom. The minimum absolute atomic E-state index is 0.308. The lowest BCUT2D eigenvalue weighted by Gasteiger charge is -2.46. The molecular weight excluding hydrogens is 222 g/mol. The highest BCUT2D eigenvalue weighted by Gasteiger charge is 2.39. The van der Waals surface area contributed by atoms with Gasteiger partial charge in [0.25, 0.3) is 0 Å². The van der Waals surface area contributed by atoms with Crippen molar-refractivity contribution in [2.24, 2.45) is 5.41 Å². The Morgan fingerprint density at radius 2 is 2.12 bits per heavy atom. The lowest BCUT2D eigenvalue weighted by Crippen LogP contribution is -2.52. The molecule has 0 bridgehead atoms. The SMILES string of the molecule is COc1cc(C)c(C2NCC2(C)C)cc1Cl. The fourth-order valence-corrected chi connectivity index (χ4v) is 2.53. The van der Waals surface area contributed by atoms with Gasteiger partial charge < -0.3 is 10.1 Å². The zero-order valence-electron chi connectivity index (χ0n) is 10.2. The number of halogens is 1. The maximum Gasteiger partial charge on any atom is 0.137 e. The maximum atomic E-state index is 6.17. The third kappa shape index (κ3) is 1.80. The van der Waals surface area contributed by atoms with Crippen LogP contribution >= 0.6 is 11.6 Å². The van der Waals surface area contributed by atoms with Crippen LogP contribution in [0.3, 0.4) is 0 Å². The average Bonchev–Trinajstić information content (AvgIpc) is 2.21. The van der Waals surface area contributed by atoms with E-state index in [0.29, 0.717) is 16.5 Å². The van der Waals surface area contributed by atoms with Crippen molar-refractivity contribution in [1.29, 1.82) is 0 Å². The lowest BCUT2D eigenvalue weighted by molar-refractivity contribution is 0.128. The number of ether oxygens (including phenoxy) is 1. The molecule has 1 aliphatic heterocycles. The van der Waals surface area contributed by atoms with Gasteiger partial charge in [-0.1, -0.05) is 25.4 Å². The number of aryl methyl sites for hydroxylation is 1. The predicted octanol–water partition coefficient (Wildman–Crippen LogP) is 3.33. The molecule has 1 aliphatic rings.